The van der Waals surface area contributed by atoms with E-state index in [0.29, 0.717) is 19.4 Å². The van der Waals surface area contributed by atoms with Crippen LogP contribution in [-0.4, -0.2) is 73.0 Å². The summed E-state index contributed by atoms with van der Waals surface area (Å²) in [6.07, 6.45) is 1.15. The molecule has 0 aliphatic carbocycles. The van der Waals surface area contributed by atoms with Crippen molar-refractivity contribution >= 4 is 11.8 Å². The largest absolute Gasteiger partial charge is 0.389 e. The summed E-state index contributed by atoms with van der Waals surface area (Å²) in [5.74, 6) is -0.0311. The molecule has 7 nitrogen and oxygen atoms in total. The lowest BCUT2D eigenvalue weighted by Crippen LogP contribution is -2.57. The van der Waals surface area contributed by atoms with Gasteiger partial charge in [0.25, 0.3) is 0 Å². The highest BCUT2D eigenvalue weighted by Crippen LogP contribution is 2.28. The van der Waals surface area contributed by atoms with Gasteiger partial charge >= 0.3 is 0 Å². The maximum atomic E-state index is 12.2. The van der Waals surface area contributed by atoms with Gasteiger partial charge < -0.3 is 24.8 Å². The van der Waals surface area contributed by atoms with Gasteiger partial charge in [-0.2, -0.15) is 0 Å². The van der Waals surface area contributed by atoms with Crippen molar-refractivity contribution in [3.8, 4) is 0 Å². The standard InChI is InChI=1S/C15H26N2O5/c1-3-15(20)17-7-10(18)8-21-9-13-12(17)5-4-11(22-13)6-14(19)16-2/h10-13,18H,3-9H2,1-2H3,(H,16,19)/t10-,11-,12-,13+/m0/s1. The molecule has 0 saturated carbocycles. The Bertz CT molecular complexity index is 403. The van der Waals surface area contributed by atoms with Gasteiger partial charge in [-0.25, -0.2) is 0 Å². The fourth-order valence-electron chi connectivity index (χ4n) is 3.14. The number of hydrogen-bond acceptors (Lipinski definition) is 5. The molecule has 2 saturated heterocycles. The number of aliphatic hydroxyl groups excluding tert-OH is 1. The zero-order valence-corrected chi connectivity index (χ0v) is 13.3. The molecule has 0 aromatic heterocycles. The molecule has 0 aromatic rings. The van der Waals surface area contributed by atoms with Gasteiger partial charge in [0.15, 0.2) is 0 Å². The summed E-state index contributed by atoms with van der Waals surface area (Å²) in [5.41, 5.74) is 0. The number of nitrogens with one attached hydrogen (secondary N) is 1. The van der Waals surface area contributed by atoms with Gasteiger partial charge in [0.2, 0.25) is 11.8 Å². The van der Waals surface area contributed by atoms with Crippen LogP contribution in [0.1, 0.15) is 32.6 Å². The predicted octanol–water partition coefficient (Wildman–Crippen LogP) is -0.332. The van der Waals surface area contributed by atoms with Crippen LogP contribution >= 0.6 is 0 Å². The lowest BCUT2D eigenvalue weighted by molar-refractivity contribution is -0.169. The number of fused-ring (bicyclic) bond motifs is 1. The van der Waals surface area contributed by atoms with Gasteiger partial charge in [0.1, 0.15) is 6.10 Å². The molecule has 2 N–H and O–H groups in total. The Kier molecular flexibility index (Phi) is 6.16. The van der Waals surface area contributed by atoms with Crippen LogP contribution in [0.3, 0.4) is 0 Å². The number of β-amino-alcohol motifs (C(OH)–C–C–N with tert-alkyl or cyclic N) is 1. The Morgan fingerprint density at radius 1 is 1.32 bits per heavy atom. The van der Waals surface area contributed by atoms with E-state index in [2.05, 4.69) is 5.32 Å². The van der Waals surface area contributed by atoms with Gasteiger partial charge in [-0.05, 0) is 12.8 Å². The number of hydrogen-bond donors (Lipinski definition) is 2. The lowest BCUT2D eigenvalue weighted by atomic mass is 9.94. The summed E-state index contributed by atoms with van der Waals surface area (Å²) in [5, 5.41) is 12.5. The number of nitrogens with zero attached hydrogens (tertiary/aromatic N) is 1. The van der Waals surface area contributed by atoms with Crippen molar-refractivity contribution < 1.29 is 24.2 Å². The first-order chi connectivity index (χ1) is 10.5. The molecule has 0 unspecified atom stereocenters. The number of amides is 2. The minimum atomic E-state index is -0.667. The molecule has 0 spiro atoms. The van der Waals surface area contributed by atoms with Gasteiger partial charge in [0.05, 0.1) is 37.9 Å². The molecule has 22 heavy (non-hydrogen) atoms. The van der Waals surface area contributed by atoms with Gasteiger partial charge in [-0.1, -0.05) is 6.92 Å². The Hall–Kier alpha value is -1.18. The fourth-order valence-corrected chi connectivity index (χ4v) is 3.14. The average molecular weight is 314 g/mol. The maximum Gasteiger partial charge on any atom is 0.222 e. The SMILES string of the molecule is CCC(=O)N1C[C@H](O)COC[C@H]2O[C@H](CC(=O)NC)CC[C@@H]21. The zero-order valence-electron chi connectivity index (χ0n) is 13.3. The molecule has 7 heteroatoms. The zero-order chi connectivity index (χ0) is 16.1. The maximum absolute atomic E-state index is 12.2. The third kappa shape index (κ3) is 4.18. The summed E-state index contributed by atoms with van der Waals surface area (Å²) >= 11 is 0. The summed E-state index contributed by atoms with van der Waals surface area (Å²) < 4.78 is 11.5. The molecule has 2 heterocycles. The minimum absolute atomic E-state index is 0.0179. The van der Waals surface area contributed by atoms with Gasteiger partial charge in [-0.3, -0.25) is 9.59 Å². The number of ether oxygens (including phenoxy) is 2. The van der Waals surface area contributed by atoms with E-state index < -0.39 is 6.10 Å². The van der Waals surface area contributed by atoms with Crippen molar-refractivity contribution in [2.75, 3.05) is 26.8 Å². The summed E-state index contributed by atoms with van der Waals surface area (Å²) in [6.45, 7) is 2.62. The normalized spacial score (nSPS) is 32.6. The van der Waals surface area contributed by atoms with Crippen molar-refractivity contribution in [1.82, 2.24) is 10.2 Å². The van der Waals surface area contributed by atoms with Crippen molar-refractivity contribution in [3.63, 3.8) is 0 Å². The van der Waals surface area contributed by atoms with E-state index in [1.54, 1.807) is 11.9 Å². The summed E-state index contributed by atoms with van der Waals surface area (Å²) in [6, 6.07) is -0.0941. The summed E-state index contributed by atoms with van der Waals surface area (Å²) in [7, 11) is 1.61. The third-order valence-electron chi connectivity index (χ3n) is 4.30. The van der Waals surface area contributed by atoms with Crippen LogP contribution in [-0.2, 0) is 19.1 Å². The molecule has 2 aliphatic heterocycles. The van der Waals surface area contributed by atoms with E-state index in [1.165, 1.54) is 0 Å². The molecule has 0 bridgehead atoms. The Balaban J connectivity index is 2.06. The molecule has 2 amide bonds. The second kappa shape index (κ2) is 7.89. The van der Waals surface area contributed by atoms with Crippen LogP contribution < -0.4 is 5.32 Å². The Labute approximate surface area is 130 Å². The first-order valence-corrected chi connectivity index (χ1v) is 7.96. The van der Waals surface area contributed by atoms with Crippen LogP contribution in [0.25, 0.3) is 0 Å². The van der Waals surface area contributed by atoms with E-state index in [4.69, 9.17) is 9.47 Å². The van der Waals surface area contributed by atoms with Gasteiger partial charge in [0, 0.05) is 20.0 Å². The average Bonchev–Trinajstić information content (AvgIpc) is 2.50. The van der Waals surface area contributed by atoms with Crippen LogP contribution in [0.2, 0.25) is 0 Å². The van der Waals surface area contributed by atoms with E-state index in [0.717, 1.165) is 12.8 Å². The van der Waals surface area contributed by atoms with E-state index >= 15 is 0 Å². The highest BCUT2D eigenvalue weighted by Gasteiger charge is 2.39. The molecular weight excluding hydrogens is 288 g/mol. The smallest absolute Gasteiger partial charge is 0.222 e. The predicted molar refractivity (Wildman–Crippen MR) is 79.2 cm³/mol. The monoisotopic (exact) mass is 314 g/mol. The van der Waals surface area contributed by atoms with E-state index in [-0.39, 0.29) is 43.2 Å². The minimum Gasteiger partial charge on any atom is -0.389 e. The molecule has 0 radical (unpaired) electrons. The fraction of sp³-hybridized carbons (Fsp3) is 0.867. The van der Waals surface area contributed by atoms with E-state index in [9.17, 15) is 14.7 Å². The lowest BCUT2D eigenvalue weighted by Gasteiger charge is -2.44. The summed E-state index contributed by atoms with van der Waals surface area (Å²) in [4.78, 5) is 25.4. The van der Waals surface area contributed by atoms with Crippen molar-refractivity contribution in [2.45, 2.75) is 57.0 Å². The third-order valence-corrected chi connectivity index (χ3v) is 4.30. The van der Waals surface area contributed by atoms with Crippen LogP contribution in [0.5, 0.6) is 0 Å². The van der Waals surface area contributed by atoms with Crippen molar-refractivity contribution in [1.29, 1.82) is 0 Å². The molecule has 126 valence electrons. The first-order valence-electron chi connectivity index (χ1n) is 7.96. The highest BCUT2D eigenvalue weighted by atomic mass is 16.5. The molecule has 2 fully saturated rings. The number of rotatable bonds is 3. The van der Waals surface area contributed by atoms with Crippen LogP contribution in [0.4, 0.5) is 0 Å². The number of carbonyl (C=O) groups is 2. The van der Waals surface area contributed by atoms with Crippen LogP contribution in [0, 0.1) is 0 Å². The first kappa shape index (κ1) is 17.2. The molecule has 2 aliphatic rings. The van der Waals surface area contributed by atoms with Crippen molar-refractivity contribution in [2.24, 2.45) is 0 Å². The molecular formula is C15H26N2O5. The molecule has 0 aromatic carbocycles. The second-order valence-corrected chi connectivity index (χ2v) is 5.91. The topological polar surface area (TPSA) is 88.1 Å². The number of carbonyl (C=O) groups excluding carboxylic acids is 2. The molecule has 2 rings (SSSR count). The Morgan fingerprint density at radius 3 is 2.77 bits per heavy atom. The quantitative estimate of drug-likeness (QED) is 0.745. The highest BCUT2D eigenvalue weighted by molar-refractivity contribution is 5.76. The number of aliphatic hydroxyl groups is 1. The molecule has 4 atom stereocenters. The van der Waals surface area contributed by atoms with Crippen LogP contribution in [0.15, 0.2) is 0 Å². The van der Waals surface area contributed by atoms with Crippen molar-refractivity contribution in [3.05, 3.63) is 0 Å². The van der Waals surface area contributed by atoms with E-state index in [1.807, 2.05) is 6.92 Å². The van der Waals surface area contributed by atoms with Gasteiger partial charge in [-0.15, -0.1) is 0 Å². The Morgan fingerprint density at radius 2 is 2.09 bits per heavy atom. The second-order valence-electron chi connectivity index (χ2n) is 5.91.